The van der Waals surface area contributed by atoms with Gasteiger partial charge >= 0.3 is 0 Å². The van der Waals surface area contributed by atoms with Crippen LogP contribution in [0.1, 0.15) is 24.5 Å². The van der Waals surface area contributed by atoms with Crippen LogP contribution in [0.5, 0.6) is 0 Å². The molecule has 0 radical (unpaired) electrons. The Morgan fingerprint density at radius 1 is 0.595 bits per heavy atom. The Labute approximate surface area is 246 Å². The van der Waals surface area contributed by atoms with Gasteiger partial charge < -0.3 is 9.72 Å². The van der Waals surface area contributed by atoms with Crippen LogP contribution in [0.4, 0.5) is 11.4 Å². The zero-order chi connectivity index (χ0) is 28.2. The number of aromatic nitrogens is 1. The predicted molar refractivity (Wildman–Crippen MR) is 180 cm³/mol. The molecule has 0 aliphatic carbocycles. The van der Waals surface area contributed by atoms with Crippen LogP contribution in [0.25, 0.3) is 60.3 Å². The number of nitrogens with one attached hydrogen (secondary N) is 1. The van der Waals surface area contributed by atoms with Gasteiger partial charge in [0.1, 0.15) is 0 Å². The molecular formula is C40H32N2. The first-order valence-corrected chi connectivity index (χ1v) is 14.9. The standard InChI is InChI=1S/C40H32N2/c1-3-10-28-19-20-29(25-35(28)31-12-5-4-11-26(31)2)27-21-23-30(24-22-27)41-36-16-9-18-38-39(36)34-15-8-14-33-32-13-6-7-17-37(32)42(38)40(33)34/h4-9,11-25,41H,3,10H2,1-2H3. The van der Waals surface area contributed by atoms with E-state index in [1.165, 1.54) is 71.5 Å². The summed E-state index contributed by atoms with van der Waals surface area (Å²) in [5.41, 5.74) is 13.9. The third kappa shape index (κ3) is 3.79. The molecule has 8 aromatic rings. The molecule has 2 nitrogen and oxygen atoms in total. The van der Waals surface area contributed by atoms with E-state index >= 15 is 0 Å². The molecule has 0 spiro atoms. The highest BCUT2D eigenvalue weighted by atomic mass is 14.9. The molecule has 0 fully saturated rings. The third-order valence-corrected chi connectivity index (χ3v) is 8.81. The third-order valence-electron chi connectivity index (χ3n) is 8.81. The normalized spacial score (nSPS) is 11.8. The van der Waals surface area contributed by atoms with E-state index in [4.69, 9.17) is 0 Å². The van der Waals surface area contributed by atoms with Crippen LogP contribution in [0.3, 0.4) is 0 Å². The van der Waals surface area contributed by atoms with E-state index in [-0.39, 0.29) is 0 Å². The summed E-state index contributed by atoms with van der Waals surface area (Å²) < 4.78 is 2.43. The molecule has 0 saturated heterocycles. The predicted octanol–water partition coefficient (Wildman–Crippen LogP) is 11.2. The van der Waals surface area contributed by atoms with Gasteiger partial charge in [0.2, 0.25) is 0 Å². The molecule has 1 N–H and O–H groups in total. The van der Waals surface area contributed by atoms with E-state index in [0.717, 1.165) is 24.2 Å². The maximum atomic E-state index is 3.76. The highest BCUT2D eigenvalue weighted by Crippen LogP contribution is 2.42. The molecule has 2 heterocycles. The summed E-state index contributed by atoms with van der Waals surface area (Å²) in [6.45, 7) is 4.46. The SMILES string of the molecule is CCCc1ccc(-c2ccc(Nc3cccc4c3c3cccc5c6ccccc6n4c53)cc2)cc1-c1ccccc1C. The minimum absolute atomic E-state index is 1.09. The van der Waals surface area contributed by atoms with E-state index in [2.05, 4.69) is 151 Å². The van der Waals surface area contributed by atoms with Gasteiger partial charge in [-0.25, -0.2) is 0 Å². The van der Waals surface area contributed by atoms with Crippen molar-refractivity contribution in [2.75, 3.05) is 5.32 Å². The summed E-state index contributed by atoms with van der Waals surface area (Å²) in [7, 11) is 0. The van der Waals surface area contributed by atoms with E-state index < -0.39 is 0 Å². The number of hydrogen-bond acceptors (Lipinski definition) is 1. The molecular weight excluding hydrogens is 508 g/mol. The largest absolute Gasteiger partial charge is 0.355 e. The lowest BCUT2D eigenvalue weighted by Gasteiger charge is -2.15. The molecule has 0 aliphatic heterocycles. The molecule has 2 heteroatoms. The van der Waals surface area contributed by atoms with Gasteiger partial charge in [0.15, 0.2) is 0 Å². The number of anilines is 2. The van der Waals surface area contributed by atoms with Crippen LogP contribution in [0.2, 0.25) is 0 Å². The van der Waals surface area contributed by atoms with Gasteiger partial charge in [-0.3, -0.25) is 0 Å². The fraction of sp³-hybridized carbons (Fsp3) is 0.100. The Morgan fingerprint density at radius 2 is 1.31 bits per heavy atom. The highest BCUT2D eigenvalue weighted by Gasteiger charge is 2.18. The number of nitrogens with zero attached hydrogens (tertiary/aromatic N) is 1. The molecule has 202 valence electrons. The van der Waals surface area contributed by atoms with Crippen molar-refractivity contribution in [1.82, 2.24) is 4.40 Å². The molecule has 6 aromatic carbocycles. The minimum atomic E-state index is 1.09. The molecule has 0 amide bonds. The van der Waals surface area contributed by atoms with Crippen molar-refractivity contribution in [1.29, 1.82) is 0 Å². The van der Waals surface area contributed by atoms with Gasteiger partial charge in [0, 0.05) is 32.9 Å². The molecule has 0 atom stereocenters. The van der Waals surface area contributed by atoms with Crippen LogP contribution in [0, 0.1) is 6.92 Å². The number of aryl methyl sites for hydroxylation is 2. The summed E-state index contributed by atoms with van der Waals surface area (Å²) >= 11 is 0. The van der Waals surface area contributed by atoms with E-state index in [1.54, 1.807) is 0 Å². The first-order valence-electron chi connectivity index (χ1n) is 14.9. The Balaban J connectivity index is 1.18. The van der Waals surface area contributed by atoms with Crippen molar-refractivity contribution in [2.45, 2.75) is 26.7 Å². The maximum Gasteiger partial charge on any atom is 0.0621 e. The van der Waals surface area contributed by atoms with Gasteiger partial charge in [-0.2, -0.15) is 0 Å². The lowest BCUT2D eigenvalue weighted by atomic mass is 9.90. The Bertz CT molecular complexity index is 2230. The molecule has 2 aromatic heterocycles. The van der Waals surface area contributed by atoms with Crippen molar-refractivity contribution in [3.05, 3.63) is 139 Å². The number of para-hydroxylation sites is 2. The van der Waals surface area contributed by atoms with Crippen LogP contribution < -0.4 is 5.32 Å². The number of benzene rings is 6. The number of fused-ring (bicyclic) bond motifs is 6. The van der Waals surface area contributed by atoms with Gasteiger partial charge in [0.25, 0.3) is 0 Å². The average molecular weight is 541 g/mol. The fourth-order valence-corrected chi connectivity index (χ4v) is 6.85. The zero-order valence-electron chi connectivity index (χ0n) is 24.0. The van der Waals surface area contributed by atoms with Crippen molar-refractivity contribution >= 4 is 49.5 Å². The Kier molecular flexibility index (Phi) is 5.75. The van der Waals surface area contributed by atoms with E-state index in [1.807, 2.05) is 0 Å². The highest BCUT2D eigenvalue weighted by molar-refractivity contribution is 6.25. The molecule has 0 unspecified atom stereocenters. The molecule has 0 saturated carbocycles. The zero-order valence-corrected chi connectivity index (χ0v) is 24.0. The van der Waals surface area contributed by atoms with Gasteiger partial charge in [0.05, 0.1) is 16.6 Å². The van der Waals surface area contributed by atoms with Gasteiger partial charge in [-0.05, 0) is 83.1 Å². The fourth-order valence-electron chi connectivity index (χ4n) is 6.85. The molecule has 0 aliphatic rings. The van der Waals surface area contributed by atoms with Crippen molar-refractivity contribution in [2.24, 2.45) is 0 Å². The monoisotopic (exact) mass is 540 g/mol. The smallest absolute Gasteiger partial charge is 0.0621 e. The number of rotatable bonds is 6. The Hall–Kier alpha value is -5.08. The van der Waals surface area contributed by atoms with E-state index in [9.17, 15) is 0 Å². The number of hydrogen-bond donors (Lipinski definition) is 1. The average Bonchev–Trinajstić information content (AvgIpc) is 3.55. The van der Waals surface area contributed by atoms with Crippen LogP contribution in [-0.4, -0.2) is 4.40 Å². The summed E-state index contributed by atoms with van der Waals surface area (Å²) in [6, 6.07) is 46.6. The molecule has 0 bridgehead atoms. The minimum Gasteiger partial charge on any atom is -0.355 e. The topological polar surface area (TPSA) is 16.4 Å². The summed E-state index contributed by atoms with van der Waals surface area (Å²) in [6.07, 6.45) is 2.22. The summed E-state index contributed by atoms with van der Waals surface area (Å²) in [5.74, 6) is 0. The second-order valence-corrected chi connectivity index (χ2v) is 11.4. The first kappa shape index (κ1) is 24.7. The summed E-state index contributed by atoms with van der Waals surface area (Å²) in [5, 5.41) is 8.93. The molecule has 8 rings (SSSR count). The van der Waals surface area contributed by atoms with Crippen LogP contribution in [0.15, 0.2) is 127 Å². The van der Waals surface area contributed by atoms with Crippen molar-refractivity contribution < 1.29 is 0 Å². The van der Waals surface area contributed by atoms with Crippen molar-refractivity contribution in [3.8, 4) is 22.3 Å². The van der Waals surface area contributed by atoms with Crippen LogP contribution >= 0.6 is 0 Å². The van der Waals surface area contributed by atoms with Crippen LogP contribution in [-0.2, 0) is 6.42 Å². The Morgan fingerprint density at radius 3 is 2.17 bits per heavy atom. The first-order chi connectivity index (χ1) is 20.7. The second kappa shape index (κ2) is 9.78. The quantitative estimate of drug-likeness (QED) is 0.222. The molecule has 42 heavy (non-hydrogen) atoms. The van der Waals surface area contributed by atoms with E-state index in [0.29, 0.717) is 0 Å². The second-order valence-electron chi connectivity index (χ2n) is 11.4. The maximum absolute atomic E-state index is 3.76. The van der Waals surface area contributed by atoms with Gasteiger partial charge in [-0.1, -0.05) is 104 Å². The lowest BCUT2D eigenvalue weighted by Crippen LogP contribution is -1.94. The van der Waals surface area contributed by atoms with Gasteiger partial charge in [-0.15, -0.1) is 0 Å². The lowest BCUT2D eigenvalue weighted by molar-refractivity contribution is 0.923. The summed E-state index contributed by atoms with van der Waals surface area (Å²) in [4.78, 5) is 0. The van der Waals surface area contributed by atoms with Crippen molar-refractivity contribution in [3.63, 3.8) is 0 Å².